The zero-order chi connectivity index (χ0) is 16.9. The fraction of sp³-hybridized carbons (Fsp3) is 0.316. The molecule has 24 heavy (non-hydrogen) atoms. The van der Waals surface area contributed by atoms with Crippen LogP contribution in [0.5, 0.6) is 0 Å². The van der Waals surface area contributed by atoms with E-state index in [4.69, 9.17) is 9.15 Å². The Bertz CT molecular complexity index is 855. The normalized spacial score (nSPS) is 11.5. The molecule has 3 rings (SSSR count). The minimum Gasteiger partial charge on any atom is -0.464 e. The second-order valence-electron chi connectivity index (χ2n) is 5.87. The lowest BCUT2D eigenvalue weighted by Crippen LogP contribution is -2.28. The molecule has 0 radical (unpaired) electrons. The average molecular weight is 343 g/mol. The van der Waals surface area contributed by atoms with Crippen molar-refractivity contribution in [1.82, 2.24) is 4.90 Å². The summed E-state index contributed by atoms with van der Waals surface area (Å²) in [6.45, 7) is 4.72. The van der Waals surface area contributed by atoms with Crippen LogP contribution in [0.3, 0.4) is 0 Å². The molecule has 0 atom stereocenters. The molecule has 0 aliphatic rings. The Kier molecular flexibility index (Phi) is 5.45. The SMILES string of the molecule is COCCN(Cc1cccs1)Cc1coc2ccc(C)cc2c1=O. The lowest BCUT2D eigenvalue weighted by molar-refractivity contribution is 0.140. The van der Waals surface area contributed by atoms with Crippen LogP contribution in [0.25, 0.3) is 11.0 Å². The second kappa shape index (κ2) is 7.75. The van der Waals surface area contributed by atoms with Crippen molar-refractivity contribution >= 4 is 22.3 Å². The maximum atomic E-state index is 12.8. The van der Waals surface area contributed by atoms with E-state index in [0.717, 1.165) is 18.7 Å². The first-order valence-corrected chi connectivity index (χ1v) is 8.80. The molecule has 126 valence electrons. The minimum absolute atomic E-state index is 0.0496. The molecule has 2 aromatic heterocycles. The molecular formula is C19H21NO3S. The fourth-order valence-corrected chi connectivity index (χ4v) is 3.44. The standard InChI is InChI=1S/C19H21NO3S/c1-14-5-6-18-17(10-14)19(21)15(13-23-18)11-20(7-8-22-2)12-16-4-3-9-24-16/h3-6,9-10,13H,7-8,11-12H2,1-2H3. The third-order valence-electron chi connectivity index (χ3n) is 3.96. The van der Waals surface area contributed by atoms with Gasteiger partial charge in [0.05, 0.1) is 18.3 Å². The number of rotatable bonds is 7. The molecule has 1 aromatic carbocycles. The van der Waals surface area contributed by atoms with Gasteiger partial charge in [-0.2, -0.15) is 0 Å². The van der Waals surface area contributed by atoms with E-state index in [1.807, 2.05) is 31.2 Å². The first-order chi connectivity index (χ1) is 11.7. The highest BCUT2D eigenvalue weighted by Gasteiger charge is 2.13. The Labute approximate surface area is 145 Å². The lowest BCUT2D eigenvalue weighted by Gasteiger charge is -2.21. The van der Waals surface area contributed by atoms with Gasteiger partial charge in [0, 0.05) is 37.2 Å². The number of benzene rings is 1. The maximum Gasteiger partial charge on any atom is 0.197 e. The van der Waals surface area contributed by atoms with E-state index in [0.29, 0.717) is 29.7 Å². The summed E-state index contributed by atoms with van der Waals surface area (Å²) in [5.41, 5.74) is 2.42. The van der Waals surface area contributed by atoms with E-state index >= 15 is 0 Å². The van der Waals surface area contributed by atoms with Crippen LogP contribution in [0.1, 0.15) is 16.0 Å². The van der Waals surface area contributed by atoms with Crippen LogP contribution >= 0.6 is 11.3 Å². The molecule has 0 bridgehead atoms. The molecule has 0 unspecified atom stereocenters. The van der Waals surface area contributed by atoms with E-state index < -0.39 is 0 Å². The Morgan fingerprint density at radius 2 is 2.12 bits per heavy atom. The van der Waals surface area contributed by atoms with Crippen LogP contribution in [-0.2, 0) is 17.8 Å². The van der Waals surface area contributed by atoms with Crippen LogP contribution in [0, 0.1) is 6.92 Å². The highest BCUT2D eigenvalue weighted by molar-refractivity contribution is 7.09. The summed E-state index contributed by atoms with van der Waals surface area (Å²) in [6.07, 6.45) is 1.59. The van der Waals surface area contributed by atoms with E-state index in [9.17, 15) is 4.79 Å². The van der Waals surface area contributed by atoms with Gasteiger partial charge in [0.25, 0.3) is 0 Å². The highest BCUT2D eigenvalue weighted by atomic mass is 32.1. The fourth-order valence-electron chi connectivity index (χ4n) is 2.69. The molecule has 0 aliphatic heterocycles. The van der Waals surface area contributed by atoms with Gasteiger partial charge in [0.1, 0.15) is 5.58 Å². The summed E-state index contributed by atoms with van der Waals surface area (Å²) < 4.78 is 10.9. The topological polar surface area (TPSA) is 42.7 Å². The monoisotopic (exact) mass is 343 g/mol. The van der Waals surface area contributed by atoms with Crippen molar-refractivity contribution in [2.24, 2.45) is 0 Å². The number of aryl methyl sites for hydroxylation is 1. The van der Waals surface area contributed by atoms with Crippen LogP contribution in [0.2, 0.25) is 0 Å². The Balaban J connectivity index is 1.86. The highest BCUT2D eigenvalue weighted by Crippen LogP contribution is 2.16. The van der Waals surface area contributed by atoms with E-state index in [2.05, 4.69) is 16.3 Å². The third-order valence-corrected chi connectivity index (χ3v) is 4.83. The van der Waals surface area contributed by atoms with Crippen molar-refractivity contribution in [1.29, 1.82) is 0 Å². The van der Waals surface area contributed by atoms with Gasteiger partial charge in [-0.25, -0.2) is 0 Å². The van der Waals surface area contributed by atoms with Crippen molar-refractivity contribution in [2.75, 3.05) is 20.3 Å². The van der Waals surface area contributed by atoms with E-state index in [-0.39, 0.29) is 5.43 Å². The largest absolute Gasteiger partial charge is 0.464 e. The molecule has 0 spiro atoms. The van der Waals surface area contributed by atoms with Gasteiger partial charge >= 0.3 is 0 Å². The lowest BCUT2D eigenvalue weighted by atomic mass is 10.1. The molecular weight excluding hydrogens is 322 g/mol. The predicted octanol–water partition coefficient (Wildman–Crippen LogP) is 3.81. The molecule has 2 heterocycles. The summed E-state index contributed by atoms with van der Waals surface area (Å²) >= 11 is 1.72. The molecule has 0 aliphatic carbocycles. The molecule has 0 fully saturated rings. The molecule has 0 saturated carbocycles. The molecule has 4 nitrogen and oxygen atoms in total. The first kappa shape index (κ1) is 16.9. The molecule has 3 aromatic rings. The van der Waals surface area contributed by atoms with E-state index in [1.165, 1.54) is 4.88 Å². The zero-order valence-corrected chi connectivity index (χ0v) is 14.8. The van der Waals surface area contributed by atoms with Crippen molar-refractivity contribution in [3.05, 3.63) is 68.2 Å². The van der Waals surface area contributed by atoms with Crippen molar-refractivity contribution < 1.29 is 9.15 Å². The van der Waals surface area contributed by atoms with Crippen LogP contribution in [0.4, 0.5) is 0 Å². The van der Waals surface area contributed by atoms with Crippen LogP contribution in [0.15, 0.2) is 51.2 Å². The minimum atomic E-state index is 0.0496. The quantitative estimate of drug-likeness (QED) is 0.654. The number of nitrogens with zero attached hydrogens (tertiary/aromatic N) is 1. The number of hydrogen-bond donors (Lipinski definition) is 0. The number of hydrogen-bond acceptors (Lipinski definition) is 5. The first-order valence-electron chi connectivity index (χ1n) is 7.92. The zero-order valence-electron chi connectivity index (χ0n) is 14.0. The van der Waals surface area contributed by atoms with Gasteiger partial charge in [0.2, 0.25) is 0 Å². The van der Waals surface area contributed by atoms with Gasteiger partial charge in [0.15, 0.2) is 5.43 Å². The van der Waals surface area contributed by atoms with Crippen molar-refractivity contribution in [3.63, 3.8) is 0 Å². The number of fused-ring (bicyclic) bond motifs is 1. The van der Waals surface area contributed by atoms with Gasteiger partial charge in [-0.05, 0) is 30.5 Å². The number of thiophene rings is 1. The number of ether oxygens (including phenoxy) is 1. The van der Waals surface area contributed by atoms with E-state index in [1.54, 1.807) is 24.7 Å². The third kappa shape index (κ3) is 3.93. The predicted molar refractivity (Wildman–Crippen MR) is 97.5 cm³/mol. The van der Waals surface area contributed by atoms with Crippen molar-refractivity contribution in [2.45, 2.75) is 20.0 Å². The summed E-state index contributed by atoms with van der Waals surface area (Å²) in [5, 5.41) is 2.71. The molecule has 0 N–H and O–H groups in total. The van der Waals surface area contributed by atoms with Gasteiger partial charge in [-0.15, -0.1) is 11.3 Å². The number of methoxy groups -OCH3 is 1. The average Bonchev–Trinajstić information content (AvgIpc) is 3.08. The van der Waals surface area contributed by atoms with Crippen LogP contribution < -0.4 is 5.43 Å². The summed E-state index contributed by atoms with van der Waals surface area (Å²) in [4.78, 5) is 16.3. The summed E-state index contributed by atoms with van der Waals surface area (Å²) in [6, 6.07) is 9.85. The molecule has 0 amide bonds. The smallest absolute Gasteiger partial charge is 0.197 e. The molecule has 0 saturated heterocycles. The summed E-state index contributed by atoms with van der Waals surface area (Å²) in [5.74, 6) is 0. The summed E-state index contributed by atoms with van der Waals surface area (Å²) in [7, 11) is 1.69. The Hall–Kier alpha value is -1.95. The second-order valence-corrected chi connectivity index (χ2v) is 6.90. The van der Waals surface area contributed by atoms with Gasteiger partial charge in [-0.1, -0.05) is 17.7 Å². The maximum absolute atomic E-state index is 12.8. The Morgan fingerprint density at radius 3 is 2.88 bits per heavy atom. The molecule has 5 heteroatoms. The Morgan fingerprint density at radius 1 is 1.25 bits per heavy atom. The van der Waals surface area contributed by atoms with Crippen molar-refractivity contribution in [3.8, 4) is 0 Å². The van der Waals surface area contributed by atoms with Crippen LogP contribution in [-0.4, -0.2) is 25.2 Å². The van der Waals surface area contributed by atoms with Gasteiger partial charge < -0.3 is 9.15 Å². The van der Waals surface area contributed by atoms with Gasteiger partial charge in [-0.3, -0.25) is 9.69 Å².